The van der Waals surface area contributed by atoms with Gasteiger partial charge in [-0.1, -0.05) is 6.07 Å². The van der Waals surface area contributed by atoms with E-state index < -0.39 is 0 Å². The lowest BCUT2D eigenvalue weighted by Crippen LogP contribution is -2.18. The zero-order valence-electron chi connectivity index (χ0n) is 11.8. The summed E-state index contributed by atoms with van der Waals surface area (Å²) in [5.74, 6) is 1.41. The van der Waals surface area contributed by atoms with E-state index in [1.165, 1.54) is 5.56 Å². The van der Waals surface area contributed by atoms with Crippen molar-refractivity contribution in [3.8, 4) is 5.75 Å². The number of nitrogens with zero attached hydrogens (tertiary/aromatic N) is 2. The molecule has 0 aliphatic carbocycles. The van der Waals surface area contributed by atoms with Gasteiger partial charge in [0.05, 0.1) is 25.0 Å². The fourth-order valence-electron chi connectivity index (χ4n) is 2.28. The van der Waals surface area contributed by atoms with Crippen LogP contribution >= 0.6 is 0 Å². The largest absolute Gasteiger partial charge is 0.494 e. The Hall–Kier alpha value is -2.17. The molecule has 0 radical (unpaired) electrons. The molecule has 2 aromatic rings. The van der Waals surface area contributed by atoms with Gasteiger partial charge in [-0.05, 0) is 31.0 Å². The molecule has 102 valence electrons. The Morgan fingerprint density at radius 3 is 2.63 bits per heavy atom. The lowest BCUT2D eigenvalue weighted by molar-refractivity contribution is 0.411. The first-order valence-electron chi connectivity index (χ1n) is 6.17. The third kappa shape index (κ3) is 2.81. The van der Waals surface area contributed by atoms with Crippen molar-refractivity contribution >= 4 is 11.5 Å². The number of aromatic amines is 1. The second kappa shape index (κ2) is 5.22. The maximum absolute atomic E-state index is 5.61. The van der Waals surface area contributed by atoms with Crippen molar-refractivity contribution in [2.75, 3.05) is 24.8 Å². The number of nitrogen functional groups attached to an aromatic ring is 1. The van der Waals surface area contributed by atoms with E-state index in [9.17, 15) is 0 Å². The van der Waals surface area contributed by atoms with Gasteiger partial charge in [-0.25, -0.2) is 0 Å². The van der Waals surface area contributed by atoms with E-state index in [1.54, 1.807) is 7.11 Å². The molecule has 0 saturated carbocycles. The number of rotatable bonds is 4. The number of nitrogens with two attached hydrogens (primary N) is 1. The van der Waals surface area contributed by atoms with E-state index in [0.29, 0.717) is 12.4 Å². The van der Waals surface area contributed by atoms with Crippen molar-refractivity contribution in [3.63, 3.8) is 0 Å². The number of benzene rings is 1. The number of hydrogen-bond acceptors (Lipinski definition) is 4. The highest BCUT2D eigenvalue weighted by molar-refractivity contribution is 5.63. The lowest BCUT2D eigenvalue weighted by Gasteiger charge is -2.23. The number of hydrogen-bond donors (Lipinski definition) is 2. The molecule has 0 unspecified atom stereocenters. The number of anilines is 2. The zero-order chi connectivity index (χ0) is 14.0. The number of aryl methyl sites for hydroxylation is 2. The zero-order valence-corrected chi connectivity index (χ0v) is 11.8. The molecule has 3 N–H and O–H groups in total. The van der Waals surface area contributed by atoms with Gasteiger partial charge in [0, 0.05) is 13.1 Å². The van der Waals surface area contributed by atoms with Crippen molar-refractivity contribution in [2.24, 2.45) is 0 Å². The van der Waals surface area contributed by atoms with Crippen LogP contribution in [-0.2, 0) is 6.54 Å². The van der Waals surface area contributed by atoms with Crippen LogP contribution in [0.1, 0.15) is 16.8 Å². The Bertz CT molecular complexity index is 577. The average molecular weight is 260 g/mol. The van der Waals surface area contributed by atoms with Gasteiger partial charge in [0.25, 0.3) is 0 Å². The molecule has 0 aliphatic heterocycles. The highest BCUT2D eigenvalue weighted by Crippen LogP contribution is 2.33. The molecular weight excluding hydrogens is 240 g/mol. The first-order chi connectivity index (χ1) is 9.01. The number of aromatic nitrogens is 2. The highest BCUT2D eigenvalue weighted by atomic mass is 16.5. The second-order valence-corrected chi connectivity index (χ2v) is 4.81. The molecule has 1 aromatic heterocycles. The van der Waals surface area contributed by atoms with Crippen LogP contribution in [0.15, 0.2) is 18.2 Å². The van der Waals surface area contributed by atoms with E-state index in [1.807, 2.05) is 13.1 Å². The minimum absolute atomic E-state index is 0.510. The predicted octanol–water partition coefficient (Wildman–Crippen LogP) is 2.25. The molecule has 0 fully saturated rings. The van der Waals surface area contributed by atoms with Crippen molar-refractivity contribution in [1.82, 2.24) is 10.2 Å². The molecule has 1 heterocycles. The third-order valence-electron chi connectivity index (χ3n) is 3.07. The maximum Gasteiger partial charge on any atom is 0.145 e. The van der Waals surface area contributed by atoms with Crippen LogP contribution < -0.4 is 15.4 Å². The van der Waals surface area contributed by atoms with Crippen LogP contribution in [-0.4, -0.2) is 24.4 Å². The summed E-state index contributed by atoms with van der Waals surface area (Å²) in [7, 11) is 3.72. The SMILES string of the molecule is COc1c(C)cc(C)cc1N(C)Cc1cc(N)n[nH]1. The molecule has 2 rings (SSSR count). The summed E-state index contributed by atoms with van der Waals surface area (Å²) in [5, 5.41) is 6.85. The Morgan fingerprint density at radius 2 is 2.05 bits per heavy atom. The predicted molar refractivity (Wildman–Crippen MR) is 77.6 cm³/mol. The van der Waals surface area contributed by atoms with Crippen LogP contribution in [0.3, 0.4) is 0 Å². The second-order valence-electron chi connectivity index (χ2n) is 4.81. The van der Waals surface area contributed by atoms with Crippen LogP contribution in [0, 0.1) is 13.8 Å². The van der Waals surface area contributed by atoms with Crippen molar-refractivity contribution in [3.05, 3.63) is 35.0 Å². The van der Waals surface area contributed by atoms with E-state index in [-0.39, 0.29) is 0 Å². The molecular formula is C14H20N4O. The summed E-state index contributed by atoms with van der Waals surface area (Å²) < 4.78 is 5.50. The van der Waals surface area contributed by atoms with Gasteiger partial charge < -0.3 is 15.4 Å². The topological polar surface area (TPSA) is 67.2 Å². The summed E-state index contributed by atoms with van der Waals surface area (Å²) in [6.07, 6.45) is 0. The quantitative estimate of drug-likeness (QED) is 0.884. The van der Waals surface area contributed by atoms with E-state index in [4.69, 9.17) is 10.5 Å². The van der Waals surface area contributed by atoms with E-state index >= 15 is 0 Å². The highest BCUT2D eigenvalue weighted by Gasteiger charge is 2.12. The summed E-state index contributed by atoms with van der Waals surface area (Å²) in [6, 6.07) is 6.07. The molecule has 0 spiro atoms. The standard InChI is InChI=1S/C14H20N4O/c1-9-5-10(2)14(19-4)12(6-9)18(3)8-11-7-13(15)17-16-11/h5-7H,8H2,1-4H3,(H3,15,16,17). The van der Waals surface area contributed by atoms with E-state index in [2.05, 4.69) is 41.1 Å². The van der Waals surface area contributed by atoms with Crippen LogP contribution in [0.4, 0.5) is 11.5 Å². The van der Waals surface area contributed by atoms with Crippen molar-refractivity contribution in [2.45, 2.75) is 20.4 Å². The molecule has 1 aromatic carbocycles. The van der Waals surface area contributed by atoms with Crippen molar-refractivity contribution in [1.29, 1.82) is 0 Å². The summed E-state index contributed by atoms with van der Waals surface area (Å²) in [6.45, 7) is 4.83. The first-order valence-corrected chi connectivity index (χ1v) is 6.17. The Morgan fingerprint density at radius 1 is 1.32 bits per heavy atom. The monoisotopic (exact) mass is 260 g/mol. The van der Waals surface area contributed by atoms with Gasteiger partial charge in [0.1, 0.15) is 11.6 Å². The Balaban J connectivity index is 2.30. The normalized spacial score (nSPS) is 10.5. The maximum atomic E-state index is 5.61. The Kier molecular flexibility index (Phi) is 3.64. The number of methoxy groups -OCH3 is 1. The average Bonchev–Trinajstić information content (AvgIpc) is 2.73. The molecule has 0 aliphatic rings. The fourth-order valence-corrected chi connectivity index (χ4v) is 2.28. The van der Waals surface area contributed by atoms with Crippen LogP contribution in [0.5, 0.6) is 5.75 Å². The third-order valence-corrected chi connectivity index (χ3v) is 3.07. The molecule has 5 heteroatoms. The number of ether oxygens (including phenoxy) is 1. The Labute approximate surface area is 113 Å². The molecule has 19 heavy (non-hydrogen) atoms. The number of nitrogens with one attached hydrogen (secondary N) is 1. The van der Waals surface area contributed by atoms with Gasteiger partial charge in [-0.15, -0.1) is 0 Å². The first kappa shape index (κ1) is 13.3. The van der Waals surface area contributed by atoms with Crippen LogP contribution in [0.2, 0.25) is 0 Å². The minimum atomic E-state index is 0.510. The summed E-state index contributed by atoms with van der Waals surface area (Å²) >= 11 is 0. The van der Waals surface area contributed by atoms with Gasteiger partial charge in [0.2, 0.25) is 0 Å². The lowest BCUT2D eigenvalue weighted by atomic mass is 10.1. The molecule has 0 amide bonds. The molecule has 5 nitrogen and oxygen atoms in total. The van der Waals surface area contributed by atoms with Crippen molar-refractivity contribution < 1.29 is 4.74 Å². The molecule has 0 saturated heterocycles. The van der Waals surface area contributed by atoms with Gasteiger partial charge >= 0.3 is 0 Å². The number of H-pyrrole nitrogens is 1. The molecule has 0 bridgehead atoms. The van der Waals surface area contributed by atoms with Gasteiger partial charge in [-0.2, -0.15) is 5.10 Å². The summed E-state index contributed by atoms with van der Waals surface area (Å²) in [5.41, 5.74) is 9.99. The van der Waals surface area contributed by atoms with E-state index in [0.717, 1.165) is 22.7 Å². The molecule has 0 atom stereocenters. The van der Waals surface area contributed by atoms with Crippen LogP contribution in [0.25, 0.3) is 0 Å². The van der Waals surface area contributed by atoms with Gasteiger partial charge in [0.15, 0.2) is 0 Å². The fraction of sp³-hybridized carbons (Fsp3) is 0.357. The van der Waals surface area contributed by atoms with Gasteiger partial charge in [-0.3, -0.25) is 5.10 Å². The summed E-state index contributed by atoms with van der Waals surface area (Å²) in [4.78, 5) is 2.12. The smallest absolute Gasteiger partial charge is 0.145 e. The minimum Gasteiger partial charge on any atom is -0.494 e.